The van der Waals surface area contributed by atoms with Crippen LogP contribution in [0.15, 0.2) is 54.6 Å². The maximum atomic E-state index is 12.7. The summed E-state index contributed by atoms with van der Waals surface area (Å²) in [5.74, 6) is 1.76. The zero-order valence-corrected chi connectivity index (χ0v) is 16.8. The lowest BCUT2D eigenvalue weighted by Gasteiger charge is -2.31. The molecule has 5 heteroatoms. The SMILES string of the molecule is CC(C)C(=O)N(CCN1CCOCC1)Cc1cccc(Oc2ccccc2)c1. The molecule has 0 aromatic heterocycles. The van der Waals surface area contributed by atoms with Crippen LogP contribution in [0.5, 0.6) is 11.5 Å². The highest BCUT2D eigenvalue weighted by Crippen LogP contribution is 2.22. The van der Waals surface area contributed by atoms with Crippen molar-refractivity contribution in [2.45, 2.75) is 20.4 Å². The van der Waals surface area contributed by atoms with Gasteiger partial charge < -0.3 is 14.4 Å². The summed E-state index contributed by atoms with van der Waals surface area (Å²) in [5, 5.41) is 0. The quantitative estimate of drug-likeness (QED) is 0.697. The highest BCUT2D eigenvalue weighted by molar-refractivity contribution is 5.78. The van der Waals surface area contributed by atoms with Crippen LogP contribution >= 0.6 is 0 Å². The Morgan fingerprint density at radius 2 is 1.79 bits per heavy atom. The Kier molecular flexibility index (Phi) is 7.46. The molecular formula is C23H30N2O3. The van der Waals surface area contributed by atoms with E-state index >= 15 is 0 Å². The molecule has 1 saturated heterocycles. The zero-order chi connectivity index (χ0) is 19.8. The smallest absolute Gasteiger partial charge is 0.225 e. The molecule has 5 nitrogen and oxygen atoms in total. The molecule has 1 aliphatic rings. The Morgan fingerprint density at radius 1 is 1.07 bits per heavy atom. The van der Waals surface area contributed by atoms with Gasteiger partial charge in [0, 0.05) is 38.6 Å². The van der Waals surface area contributed by atoms with Crippen molar-refractivity contribution in [1.82, 2.24) is 9.80 Å². The minimum Gasteiger partial charge on any atom is -0.457 e. The lowest BCUT2D eigenvalue weighted by atomic mass is 10.1. The molecule has 1 fully saturated rings. The second kappa shape index (κ2) is 10.2. The molecule has 0 aliphatic carbocycles. The number of nitrogens with zero attached hydrogens (tertiary/aromatic N) is 2. The molecule has 0 spiro atoms. The van der Waals surface area contributed by atoms with Crippen molar-refractivity contribution >= 4 is 5.91 Å². The molecule has 1 aliphatic heterocycles. The summed E-state index contributed by atoms with van der Waals surface area (Å²) >= 11 is 0. The number of amides is 1. The average Bonchev–Trinajstić information content (AvgIpc) is 2.72. The van der Waals surface area contributed by atoms with Gasteiger partial charge in [-0.3, -0.25) is 9.69 Å². The van der Waals surface area contributed by atoms with Gasteiger partial charge in [0.05, 0.1) is 13.2 Å². The van der Waals surface area contributed by atoms with E-state index in [-0.39, 0.29) is 11.8 Å². The Labute approximate surface area is 167 Å². The minimum absolute atomic E-state index is 0.0200. The van der Waals surface area contributed by atoms with Gasteiger partial charge in [0.1, 0.15) is 11.5 Å². The van der Waals surface area contributed by atoms with Crippen LogP contribution in [0.25, 0.3) is 0 Å². The third-order valence-electron chi connectivity index (χ3n) is 4.85. The van der Waals surface area contributed by atoms with Crippen LogP contribution in [0.2, 0.25) is 0 Å². The molecule has 0 radical (unpaired) electrons. The van der Waals surface area contributed by atoms with Gasteiger partial charge >= 0.3 is 0 Å². The number of para-hydroxylation sites is 1. The first kappa shape index (κ1) is 20.4. The van der Waals surface area contributed by atoms with Gasteiger partial charge in [-0.1, -0.05) is 44.2 Å². The molecule has 0 saturated carbocycles. The number of benzene rings is 2. The van der Waals surface area contributed by atoms with Crippen LogP contribution in [-0.2, 0) is 16.1 Å². The zero-order valence-electron chi connectivity index (χ0n) is 16.8. The maximum Gasteiger partial charge on any atom is 0.225 e. The number of morpholine rings is 1. The van der Waals surface area contributed by atoms with Crippen molar-refractivity contribution in [3.05, 3.63) is 60.2 Å². The number of carbonyl (C=O) groups excluding carboxylic acids is 1. The summed E-state index contributed by atoms with van der Waals surface area (Å²) in [4.78, 5) is 17.1. The molecule has 1 heterocycles. The van der Waals surface area contributed by atoms with Crippen LogP contribution in [0.3, 0.4) is 0 Å². The molecule has 0 bridgehead atoms. The number of ether oxygens (including phenoxy) is 2. The van der Waals surface area contributed by atoms with E-state index in [1.165, 1.54) is 0 Å². The van der Waals surface area contributed by atoms with Gasteiger partial charge in [-0.15, -0.1) is 0 Å². The molecule has 0 unspecified atom stereocenters. The monoisotopic (exact) mass is 382 g/mol. The number of hydrogen-bond acceptors (Lipinski definition) is 4. The third kappa shape index (κ3) is 6.08. The van der Waals surface area contributed by atoms with E-state index in [0.29, 0.717) is 6.54 Å². The fourth-order valence-electron chi connectivity index (χ4n) is 3.27. The lowest BCUT2D eigenvalue weighted by molar-refractivity contribution is -0.135. The standard InChI is InChI=1S/C23H30N2O3/c1-19(2)23(26)25(12-11-24-13-15-27-16-14-24)18-20-7-6-10-22(17-20)28-21-8-4-3-5-9-21/h3-10,17,19H,11-16,18H2,1-2H3. The molecule has 2 aromatic rings. The van der Waals surface area contributed by atoms with E-state index < -0.39 is 0 Å². The highest BCUT2D eigenvalue weighted by Gasteiger charge is 2.19. The van der Waals surface area contributed by atoms with Gasteiger partial charge in [-0.05, 0) is 29.8 Å². The average molecular weight is 383 g/mol. The number of hydrogen-bond donors (Lipinski definition) is 0. The van der Waals surface area contributed by atoms with Gasteiger partial charge in [-0.25, -0.2) is 0 Å². The van der Waals surface area contributed by atoms with Crippen LogP contribution < -0.4 is 4.74 Å². The molecule has 150 valence electrons. The fourth-order valence-corrected chi connectivity index (χ4v) is 3.27. The van der Waals surface area contributed by atoms with Crippen LogP contribution in [0.4, 0.5) is 0 Å². The minimum atomic E-state index is -0.0200. The molecular weight excluding hydrogens is 352 g/mol. The first-order valence-corrected chi connectivity index (χ1v) is 10.0. The Morgan fingerprint density at radius 3 is 2.50 bits per heavy atom. The van der Waals surface area contributed by atoms with Gasteiger partial charge in [0.25, 0.3) is 0 Å². The Bertz CT molecular complexity index is 743. The fraction of sp³-hybridized carbons (Fsp3) is 0.435. The summed E-state index contributed by atoms with van der Waals surface area (Å²) in [5.41, 5.74) is 1.07. The van der Waals surface area contributed by atoms with Crippen molar-refractivity contribution in [3.8, 4) is 11.5 Å². The normalized spacial score (nSPS) is 14.8. The van der Waals surface area contributed by atoms with Crippen molar-refractivity contribution in [2.75, 3.05) is 39.4 Å². The molecule has 28 heavy (non-hydrogen) atoms. The number of rotatable bonds is 8. The molecule has 0 N–H and O–H groups in total. The first-order chi connectivity index (χ1) is 13.6. The Balaban J connectivity index is 1.65. The largest absolute Gasteiger partial charge is 0.457 e. The first-order valence-electron chi connectivity index (χ1n) is 10.0. The van der Waals surface area contributed by atoms with E-state index in [1.54, 1.807) is 0 Å². The van der Waals surface area contributed by atoms with Gasteiger partial charge in [0.15, 0.2) is 0 Å². The predicted molar refractivity (Wildman–Crippen MR) is 110 cm³/mol. The van der Waals surface area contributed by atoms with E-state index in [9.17, 15) is 4.79 Å². The summed E-state index contributed by atoms with van der Waals surface area (Å²) in [6, 6.07) is 17.7. The third-order valence-corrected chi connectivity index (χ3v) is 4.85. The van der Waals surface area contributed by atoms with Crippen molar-refractivity contribution in [3.63, 3.8) is 0 Å². The second-order valence-electron chi connectivity index (χ2n) is 7.43. The van der Waals surface area contributed by atoms with E-state index in [1.807, 2.05) is 73.3 Å². The second-order valence-corrected chi connectivity index (χ2v) is 7.43. The molecule has 3 rings (SSSR count). The summed E-state index contributed by atoms with van der Waals surface area (Å²) in [7, 11) is 0. The molecule has 0 atom stereocenters. The summed E-state index contributed by atoms with van der Waals surface area (Å²) < 4.78 is 11.4. The van der Waals surface area contributed by atoms with Gasteiger partial charge in [0.2, 0.25) is 5.91 Å². The van der Waals surface area contributed by atoms with Crippen LogP contribution in [0.1, 0.15) is 19.4 Å². The summed E-state index contributed by atoms with van der Waals surface area (Å²) in [6.07, 6.45) is 0. The lowest BCUT2D eigenvalue weighted by Crippen LogP contribution is -2.43. The van der Waals surface area contributed by atoms with Crippen LogP contribution in [0, 0.1) is 5.92 Å². The predicted octanol–water partition coefficient (Wildman–Crippen LogP) is 3.80. The van der Waals surface area contributed by atoms with Crippen molar-refractivity contribution in [2.24, 2.45) is 5.92 Å². The maximum absolute atomic E-state index is 12.7. The van der Waals surface area contributed by atoms with Crippen molar-refractivity contribution < 1.29 is 14.3 Å². The van der Waals surface area contributed by atoms with Crippen molar-refractivity contribution in [1.29, 1.82) is 0 Å². The topological polar surface area (TPSA) is 42.0 Å². The molecule has 1 amide bonds. The van der Waals surface area contributed by atoms with Gasteiger partial charge in [-0.2, -0.15) is 0 Å². The van der Waals surface area contributed by atoms with E-state index in [4.69, 9.17) is 9.47 Å². The molecule has 2 aromatic carbocycles. The number of carbonyl (C=O) groups is 1. The van der Waals surface area contributed by atoms with Crippen LogP contribution in [-0.4, -0.2) is 55.1 Å². The van der Waals surface area contributed by atoms with E-state index in [0.717, 1.165) is 56.5 Å². The van der Waals surface area contributed by atoms with E-state index in [2.05, 4.69) is 4.90 Å². The highest BCUT2D eigenvalue weighted by atomic mass is 16.5. The summed E-state index contributed by atoms with van der Waals surface area (Å²) in [6.45, 7) is 9.52. The Hall–Kier alpha value is -2.37.